The molecule has 1 aliphatic carbocycles. The lowest BCUT2D eigenvalue weighted by molar-refractivity contribution is -0.141. The van der Waals surface area contributed by atoms with Crippen LogP contribution < -0.4 is 4.74 Å². The zero-order chi connectivity index (χ0) is 35.4. The Labute approximate surface area is 294 Å². The van der Waals surface area contributed by atoms with Crippen LogP contribution >= 0.6 is 0 Å². The van der Waals surface area contributed by atoms with Crippen molar-refractivity contribution < 1.29 is 28.6 Å². The second kappa shape index (κ2) is 12.9. The van der Waals surface area contributed by atoms with Gasteiger partial charge in [0.25, 0.3) is 0 Å². The molecule has 1 unspecified atom stereocenters. The van der Waals surface area contributed by atoms with Crippen LogP contribution in [0.1, 0.15) is 106 Å². The monoisotopic (exact) mass is 676 g/mol. The van der Waals surface area contributed by atoms with Gasteiger partial charge in [0.05, 0.1) is 29.8 Å². The van der Waals surface area contributed by atoms with Crippen LogP contribution in [0.5, 0.6) is 5.75 Å². The number of aromatic nitrogens is 1. The Morgan fingerprint density at radius 3 is 2.42 bits per heavy atom. The molecule has 2 aliphatic heterocycles. The lowest BCUT2D eigenvalue weighted by Gasteiger charge is -2.37. The Balaban J connectivity index is 1.44. The maximum Gasteiger partial charge on any atom is 0.417 e. The third kappa shape index (κ3) is 5.96. The summed E-state index contributed by atoms with van der Waals surface area (Å²) >= 11 is 0. The van der Waals surface area contributed by atoms with Gasteiger partial charge in [-0.15, -0.1) is 0 Å². The van der Waals surface area contributed by atoms with E-state index in [4.69, 9.17) is 14.2 Å². The van der Waals surface area contributed by atoms with E-state index in [0.29, 0.717) is 30.2 Å². The zero-order valence-electron chi connectivity index (χ0n) is 30.1. The molecule has 0 bridgehead atoms. The fraction of sp³-hybridized carbons (Fsp3) is 0.452. The summed E-state index contributed by atoms with van der Waals surface area (Å²) in [7, 11) is 1.66. The molecule has 3 atom stereocenters. The van der Waals surface area contributed by atoms with E-state index < -0.39 is 23.2 Å². The zero-order valence-corrected chi connectivity index (χ0v) is 30.1. The van der Waals surface area contributed by atoms with Gasteiger partial charge in [0.1, 0.15) is 18.0 Å². The van der Waals surface area contributed by atoms with E-state index in [-0.39, 0.29) is 24.4 Å². The van der Waals surface area contributed by atoms with Crippen LogP contribution in [0, 0.1) is 5.41 Å². The summed E-state index contributed by atoms with van der Waals surface area (Å²) in [6.07, 6.45) is 5.61. The summed E-state index contributed by atoms with van der Waals surface area (Å²) in [4.78, 5) is 43.4. The van der Waals surface area contributed by atoms with Gasteiger partial charge in [-0.05, 0) is 106 Å². The second-order valence-electron chi connectivity index (χ2n) is 15.6. The van der Waals surface area contributed by atoms with Crippen LogP contribution in [0.2, 0.25) is 0 Å². The molecule has 8 heteroatoms. The number of hydrogen-bond donors (Lipinski definition) is 0. The average Bonchev–Trinajstić information content (AvgIpc) is 3.60. The molecular formula is C42H48N2O6. The number of esters is 1. The number of amides is 2. The first-order valence-corrected chi connectivity index (χ1v) is 18.0. The lowest BCUT2D eigenvalue weighted by atomic mass is 9.72. The van der Waals surface area contributed by atoms with E-state index in [1.165, 1.54) is 16.9 Å². The predicted molar refractivity (Wildman–Crippen MR) is 194 cm³/mol. The molecule has 3 aromatic carbocycles. The quantitative estimate of drug-likeness (QED) is 0.190. The summed E-state index contributed by atoms with van der Waals surface area (Å²) in [6, 6.07) is 21.5. The van der Waals surface area contributed by atoms with Crippen LogP contribution in [0.15, 0.2) is 66.7 Å². The second-order valence-corrected chi connectivity index (χ2v) is 15.6. The molecule has 1 saturated heterocycles. The Kier molecular flexibility index (Phi) is 8.77. The van der Waals surface area contributed by atoms with Crippen molar-refractivity contribution in [1.29, 1.82) is 0 Å². The van der Waals surface area contributed by atoms with Gasteiger partial charge in [0.15, 0.2) is 0 Å². The summed E-state index contributed by atoms with van der Waals surface area (Å²) in [6.45, 7) is 10.1. The van der Waals surface area contributed by atoms with E-state index in [1.807, 2.05) is 76.2 Å². The molecule has 1 saturated carbocycles. The van der Waals surface area contributed by atoms with Gasteiger partial charge < -0.3 is 18.8 Å². The van der Waals surface area contributed by atoms with Crippen molar-refractivity contribution in [3.05, 3.63) is 89.0 Å². The maximum absolute atomic E-state index is 15.2. The first-order valence-electron chi connectivity index (χ1n) is 18.0. The van der Waals surface area contributed by atoms with Crippen LogP contribution in [-0.2, 0) is 27.2 Å². The minimum Gasteiger partial charge on any atom is -0.497 e. The number of methoxy groups -OCH3 is 1. The smallest absolute Gasteiger partial charge is 0.417 e. The van der Waals surface area contributed by atoms with Crippen molar-refractivity contribution in [3.8, 4) is 17.0 Å². The van der Waals surface area contributed by atoms with Gasteiger partial charge >= 0.3 is 12.1 Å². The summed E-state index contributed by atoms with van der Waals surface area (Å²) < 4.78 is 19.4. The van der Waals surface area contributed by atoms with Gasteiger partial charge in [-0.25, -0.2) is 14.5 Å². The minimum absolute atomic E-state index is 0.150. The van der Waals surface area contributed by atoms with E-state index in [2.05, 4.69) is 29.7 Å². The Morgan fingerprint density at radius 2 is 1.72 bits per heavy atom. The van der Waals surface area contributed by atoms with Crippen LogP contribution in [-0.4, -0.2) is 52.8 Å². The molecule has 262 valence electrons. The summed E-state index contributed by atoms with van der Waals surface area (Å²) in [5.74, 6) is 0.102. The van der Waals surface area contributed by atoms with E-state index >= 15 is 4.79 Å². The third-order valence-electron chi connectivity index (χ3n) is 11.2. The number of carbonyl (C=O) groups excluding carboxylic acids is 3. The highest BCUT2D eigenvalue weighted by atomic mass is 16.6. The van der Waals surface area contributed by atoms with Gasteiger partial charge in [0, 0.05) is 23.0 Å². The fourth-order valence-corrected chi connectivity index (χ4v) is 8.42. The number of hydrogen-bond acceptors (Lipinski definition) is 6. The molecule has 2 fully saturated rings. The predicted octanol–water partition coefficient (Wildman–Crippen LogP) is 9.03. The highest BCUT2D eigenvalue weighted by molar-refractivity contribution is 6.01. The molecule has 3 aliphatic rings. The molecule has 3 heterocycles. The van der Waals surface area contributed by atoms with Gasteiger partial charge in [-0.2, -0.15) is 0 Å². The van der Waals surface area contributed by atoms with E-state index in [1.54, 1.807) is 7.11 Å². The molecule has 8 nitrogen and oxygen atoms in total. The first kappa shape index (κ1) is 33.9. The van der Waals surface area contributed by atoms with Crippen LogP contribution in [0.25, 0.3) is 22.2 Å². The number of nitrogens with zero attached hydrogens (tertiary/aromatic N) is 2. The van der Waals surface area contributed by atoms with Crippen LogP contribution in [0.4, 0.5) is 4.79 Å². The maximum atomic E-state index is 15.2. The number of imide groups is 1. The third-order valence-corrected chi connectivity index (χ3v) is 11.2. The molecule has 0 spiro atoms. The molecule has 2 amide bonds. The first-order chi connectivity index (χ1) is 23.9. The van der Waals surface area contributed by atoms with Crippen molar-refractivity contribution in [2.24, 2.45) is 5.41 Å². The van der Waals surface area contributed by atoms with Gasteiger partial charge in [-0.3, -0.25) is 4.79 Å². The number of rotatable bonds is 6. The number of carbonyl (C=O) groups is 3. The van der Waals surface area contributed by atoms with Crippen molar-refractivity contribution in [2.75, 3.05) is 13.7 Å². The minimum atomic E-state index is -1.07. The van der Waals surface area contributed by atoms with Crippen LogP contribution in [0.3, 0.4) is 0 Å². The molecule has 0 radical (unpaired) electrons. The number of ether oxygens (including phenoxy) is 3. The topological polar surface area (TPSA) is 87.1 Å². The van der Waals surface area contributed by atoms with E-state index in [0.717, 1.165) is 59.0 Å². The normalized spacial score (nSPS) is 22.4. The fourth-order valence-electron chi connectivity index (χ4n) is 8.42. The molecule has 4 aromatic rings. The highest BCUT2D eigenvalue weighted by Gasteiger charge is 2.51. The Hall–Kier alpha value is -4.59. The van der Waals surface area contributed by atoms with E-state index in [9.17, 15) is 9.59 Å². The SMILES string of the molecule is COc1ccc2c(c1)C(C)[C@@](C)(C(=O)N1C(=O)OC[C@H]1Cc1ccccc1)Cn1c-2c(C2CCCCC2)c2ccc(C(=O)OC(C)(C)C)cc21. The molecular weight excluding hydrogens is 628 g/mol. The highest BCUT2D eigenvalue weighted by Crippen LogP contribution is 2.53. The molecule has 0 N–H and O–H groups in total. The number of benzene rings is 3. The van der Waals surface area contributed by atoms with Gasteiger partial charge in [-0.1, -0.05) is 62.6 Å². The Bertz CT molecular complexity index is 1950. The van der Waals surface area contributed by atoms with Crippen molar-refractivity contribution >= 4 is 28.9 Å². The molecule has 50 heavy (non-hydrogen) atoms. The lowest BCUT2D eigenvalue weighted by Crippen LogP contribution is -2.51. The Morgan fingerprint density at radius 1 is 0.980 bits per heavy atom. The van der Waals surface area contributed by atoms with Crippen molar-refractivity contribution in [2.45, 2.75) is 103 Å². The number of cyclic esters (lactones) is 1. The average molecular weight is 677 g/mol. The number of fused-ring (bicyclic) bond motifs is 5. The molecule has 7 rings (SSSR count). The van der Waals surface area contributed by atoms with Crippen molar-refractivity contribution in [1.82, 2.24) is 9.47 Å². The standard InChI is InChI=1S/C42H48N2O6/c1-26-34-23-31(48-6)18-20-32(34)37-36(28-15-11-8-12-16-28)33-19-17-29(38(45)50-41(2,3)4)22-35(33)43(37)25-42(26,5)39(46)44-30(24-49-40(44)47)21-27-13-9-7-10-14-27/h7,9-10,13-14,17-20,22-23,26,28,30H,8,11-12,15-16,21,24-25H2,1-6H3/t26?,30-,42+/m1/s1. The summed E-state index contributed by atoms with van der Waals surface area (Å²) in [5.41, 5.74) is 5.09. The largest absolute Gasteiger partial charge is 0.497 e. The summed E-state index contributed by atoms with van der Waals surface area (Å²) in [5, 5.41) is 1.09. The van der Waals surface area contributed by atoms with Gasteiger partial charge in [0.2, 0.25) is 5.91 Å². The molecule has 1 aromatic heterocycles. The van der Waals surface area contributed by atoms with Crippen molar-refractivity contribution in [3.63, 3.8) is 0 Å².